The monoisotopic (exact) mass is 241 g/mol. The second kappa shape index (κ2) is 7.00. The molecule has 16 heavy (non-hydrogen) atoms. The van der Waals surface area contributed by atoms with Crippen molar-refractivity contribution in [2.45, 2.75) is 6.42 Å². The molecule has 88 valence electrons. The molecule has 0 bridgehead atoms. The molecular formula is C12H16ClNO2. The number of hydrogen-bond acceptors (Lipinski definition) is 3. The van der Waals surface area contributed by atoms with Crippen molar-refractivity contribution in [3.63, 3.8) is 0 Å². The third-order valence-electron chi connectivity index (χ3n) is 2.17. The molecule has 2 N–H and O–H groups in total. The number of benzene rings is 1. The van der Waals surface area contributed by atoms with E-state index in [-0.39, 0.29) is 12.4 Å². The van der Waals surface area contributed by atoms with Gasteiger partial charge in [-0.25, -0.2) is 0 Å². The van der Waals surface area contributed by atoms with E-state index in [2.05, 4.69) is 5.92 Å². The molecule has 0 spiro atoms. The summed E-state index contributed by atoms with van der Waals surface area (Å²) in [7, 11) is 3.21. The number of rotatable bonds is 4. The molecule has 0 aliphatic rings. The van der Waals surface area contributed by atoms with E-state index in [1.165, 1.54) is 0 Å². The Balaban J connectivity index is 0.00000225. The number of nitrogens with two attached hydrogens (primary N) is 1. The normalized spacial score (nSPS) is 8.88. The average Bonchev–Trinajstić information content (AvgIpc) is 2.29. The summed E-state index contributed by atoms with van der Waals surface area (Å²) in [6.45, 7) is 0.544. The molecule has 0 amide bonds. The van der Waals surface area contributed by atoms with Gasteiger partial charge in [-0.05, 0) is 25.1 Å². The van der Waals surface area contributed by atoms with E-state index in [1.54, 1.807) is 14.2 Å². The zero-order valence-electron chi connectivity index (χ0n) is 9.45. The highest BCUT2D eigenvalue weighted by molar-refractivity contribution is 5.85. The van der Waals surface area contributed by atoms with Crippen LogP contribution in [-0.4, -0.2) is 20.8 Å². The molecule has 0 aliphatic heterocycles. The summed E-state index contributed by atoms with van der Waals surface area (Å²) in [6, 6.07) is 3.63. The van der Waals surface area contributed by atoms with Crippen LogP contribution in [0.1, 0.15) is 11.1 Å². The highest BCUT2D eigenvalue weighted by Crippen LogP contribution is 2.30. The van der Waals surface area contributed by atoms with Crippen molar-refractivity contribution in [3.8, 4) is 23.8 Å². The number of halogens is 1. The lowest BCUT2D eigenvalue weighted by Gasteiger charge is -2.13. The molecule has 3 nitrogen and oxygen atoms in total. The van der Waals surface area contributed by atoms with Crippen molar-refractivity contribution in [2.24, 2.45) is 5.73 Å². The van der Waals surface area contributed by atoms with Crippen LogP contribution >= 0.6 is 12.4 Å². The first kappa shape index (κ1) is 14.6. The SMILES string of the molecule is C#Cc1cc(OC)c(CCN)c(OC)c1.Cl. The fraction of sp³-hybridized carbons (Fsp3) is 0.333. The molecule has 4 heteroatoms. The topological polar surface area (TPSA) is 44.5 Å². The van der Waals surface area contributed by atoms with Crippen molar-refractivity contribution in [2.75, 3.05) is 20.8 Å². The van der Waals surface area contributed by atoms with Gasteiger partial charge < -0.3 is 15.2 Å². The van der Waals surface area contributed by atoms with Gasteiger partial charge in [0.2, 0.25) is 0 Å². The van der Waals surface area contributed by atoms with Crippen LogP contribution in [0.2, 0.25) is 0 Å². The number of terminal acetylenes is 1. The van der Waals surface area contributed by atoms with Crippen molar-refractivity contribution in [1.29, 1.82) is 0 Å². The molecule has 0 fully saturated rings. The molecule has 0 aromatic heterocycles. The summed E-state index contributed by atoms with van der Waals surface area (Å²) in [5, 5.41) is 0. The molecule has 1 aromatic rings. The molecule has 0 saturated heterocycles. The number of ether oxygens (including phenoxy) is 2. The first-order valence-electron chi connectivity index (χ1n) is 4.68. The van der Waals surface area contributed by atoms with Crippen molar-refractivity contribution >= 4 is 12.4 Å². The Morgan fingerprint density at radius 1 is 1.25 bits per heavy atom. The standard InChI is InChI=1S/C12H15NO2.ClH/c1-4-9-7-11(14-2)10(5-6-13)12(8-9)15-3;/h1,7-8H,5-6,13H2,2-3H3;1H. The van der Waals surface area contributed by atoms with Gasteiger partial charge in [-0.1, -0.05) is 5.92 Å². The maximum atomic E-state index is 5.53. The van der Waals surface area contributed by atoms with Gasteiger partial charge in [0.05, 0.1) is 14.2 Å². The summed E-state index contributed by atoms with van der Waals surface area (Å²) in [5.41, 5.74) is 7.23. The summed E-state index contributed by atoms with van der Waals surface area (Å²) in [6.07, 6.45) is 6.04. The van der Waals surface area contributed by atoms with Crippen LogP contribution in [0.4, 0.5) is 0 Å². The fourth-order valence-corrected chi connectivity index (χ4v) is 1.46. The fourth-order valence-electron chi connectivity index (χ4n) is 1.46. The quantitative estimate of drug-likeness (QED) is 0.815. The lowest BCUT2D eigenvalue weighted by Crippen LogP contribution is -2.06. The first-order chi connectivity index (χ1) is 7.26. The molecule has 0 aliphatic carbocycles. The van der Waals surface area contributed by atoms with Crippen LogP contribution in [0.5, 0.6) is 11.5 Å². The van der Waals surface area contributed by atoms with E-state index >= 15 is 0 Å². The average molecular weight is 242 g/mol. The summed E-state index contributed by atoms with van der Waals surface area (Å²) >= 11 is 0. The molecule has 1 aromatic carbocycles. The molecular weight excluding hydrogens is 226 g/mol. The maximum absolute atomic E-state index is 5.53. The minimum absolute atomic E-state index is 0. The van der Waals surface area contributed by atoms with Crippen LogP contribution < -0.4 is 15.2 Å². The third-order valence-corrected chi connectivity index (χ3v) is 2.17. The Hall–Kier alpha value is -1.37. The largest absolute Gasteiger partial charge is 0.496 e. The Labute approximate surface area is 102 Å². The maximum Gasteiger partial charge on any atom is 0.127 e. The first-order valence-corrected chi connectivity index (χ1v) is 4.68. The highest BCUT2D eigenvalue weighted by Gasteiger charge is 2.10. The minimum Gasteiger partial charge on any atom is -0.496 e. The van der Waals surface area contributed by atoms with E-state index in [0.717, 1.165) is 22.6 Å². The van der Waals surface area contributed by atoms with Gasteiger partial charge in [0.1, 0.15) is 11.5 Å². The predicted octanol–water partition coefficient (Wildman–Crippen LogP) is 1.61. The molecule has 0 radical (unpaired) electrons. The van der Waals surface area contributed by atoms with Crippen LogP contribution in [0.25, 0.3) is 0 Å². The lowest BCUT2D eigenvalue weighted by atomic mass is 10.1. The van der Waals surface area contributed by atoms with Gasteiger partial charge in [0, 0.05) is 11.1 Å². The summed E-state index contributed by atoms with van der Waals surface area (Å²) < 4.78 is 10.5. The predicted molar refractivity (Wildman–Crippen MR) is 67.5 cm³/mol. The van der Waals surface area contributed by atoms with Gasteiger partial charge in [-0.15, -0.1) is 18.8 Å². The minimum atomic E-state index is 0. The van der Waals surface area contributed by atoms with Gasteiger partial charge in [0.25, 0.3) is 0 Å². The molecule has 1 rings (SSSR count). The van der Waals surface area contributed by atoms with Crippen LogP contribution in [0.3, 0.4) is 0 Å². The van der Waals surface area contributed by atoms with Crippen LogP contribution in [-0.2, 0) is 6.42 Å². The van der Waals surface area contributed by atoms with Crippen molar-refractivity contribution in [3.05, 3.63) is 23.3 Å². The van der Waals surface area contributed by atoms with Gasteiger partial charge in [-0.3, -0.25) is 0 Å². The van der Waals surface area contributed by atoms with Gasteiger partial charge >= 0.3 is 0 Å². The highest BCUT2D eigenvalue weighted by atomic mass is 35.5. The van der Waals surface area contributed by atoms with E-state index in [4.69, 9.17) is 21.6 Å². The van der Waals surface area contributed by atoms with E-state index in [0.29, 0.717) is 13.0 Å². The summed E-state index contributed by atoms with van der Waals surface area (Å²) in [5.74, 6) is 4.01. The Morgan fingerprint density at radius 3 is 2.06 bits per heavy atom. The van der Waals surface area contributed by atoms with Gasteiger partial charge in [-0.2, -0.15) is 0 Å². The Morgan fingerprint density at radius 2 is 1.75 bits per heavy atom. The smallest absolute Gasteiger partial charge is 0.127 e. The number of methoxy groups -OCH3 is 2. The second-order valence-corrected chi connectivity index (χ2v) is 3.04. The molecule has 0 atom stereocenters. The Bertz CT molecular complexity index is 360. The molecule has 0 heterocycles. The number of hydrogen-bond donors (Lipinski definition) is 1. The van der Waals surface area contributed by atoms with Crippen molar-refractivity contribution < 1.29 is 9.47 Å². The van der Waals surface area contributed by atoms with E-state index in [9.17, 15) is 0 Å². The van der Waals surface area contributed by atoms with Gasteiger partial charge in [0.15, 0.2) is 0 Å². The molecule has 0 saturated carbocycles. The van der Waals surface area contributed by atoms with E-state index < -0.39 is 0 Å². The zero-order chi connectivity index (χ0) is 11.3. The van der Waals surface area contributed by atoms with Crippen molar-refractivity contribution in [1.82, 2.24) is 0 Å². The Kier molecular flexibility index (Phi) is 6.40. The molecule has 0 unspecified atom stereocenters. The van der Waals surface area contributed by atoms with Crippen LogP contribution in [0, 0.1) is 12.3 Å². The lowest BCUT2D eigenvalue weighted by molar-refractivity contribution is 0.385. The van der Waals surface area contributed by atoms with E-state index in [1.807, 2.05) is 12.1 Å². The third kappa shape index (κ3) is 3.06. The summed E-state index contributed by atoms with van der Waals surface area (Å²) in [4.78, 5) is 0. The van der Waals surface area contributed by atoms with Crippen LogP contribution in [0.15, 0.2) is 12.1 Å². The zero-order valence-corrected chi connectivity index (χ0v) is 10.3. The second-order valence-electron chi connectivity index (χ2n) is 3.04.